The van der Waals surface area contributed by atoms with Gasteiger partial charge in [0.1, 0.15) is 12.4 Å². The van der Waals surface area contributed by atoms with Crippen molar-refractivity contribution in [2.75, 3.05) is 13.2 Å². The van der Waals surface area contributed by atoms with Gasteiger partial charge in [-0.15, -0.1) is 0 Å². The predicted octanol–water partition coefficient (Wildman–Crippen LogP) is 3.41. The minimum atomic E-state index is 0.572. The molecule has 0 heterocycles. The third-order valence-corrected chi connectivity index (χ3v) is 2.24. The summed E-state index contributed by atoms with van der Waals surface area (Å²) in [6.07, 6.45) is 3.89. The Bertz CT molecular complexity index is 363. The predicted molar refractivity (Wildman–Crippen MR) is 69.5 cm³/mol. The van der Waals surface area contributed by atoms with E-state index in [1.54, 1.807) is 0 Å². The van der Waals surface area contributed by atoms with E-state index in [2.05, 4.69) is 11.9 Å². The Kier molecular flexibility index (Phi) is 5.34. The maximum absolute atomic E-state index is 5.65. The van der Waals surface area contributed by atoms with E-state index < -0.39 is 0 Å². The number of aryl methyl sites for hydroxylation is 1. The molecule has 2 heteroatoms. The monoisotopic (exact) mass is 217 g/mol. The Morgan fingerprint density at radius 3 is 2.56 bits per heavy atom. The van der Waals surface area contributed by atoms with Crippen molar-refractivity contribution in [1.29, 1.82) is 0 Å². The normalized spacial score (nSPS) is 12.1. The summed E-state index contributed by atoms with van der Waals surface area (Å²) in [6, 6.07) is 8.06. The maximum Gasteiger partial charge on any atom is 0.119 e. The van der Waals surface area contributed by atoms with Crippen LogP contribution in [-0.4, -0.2) is 19.4 Å². The molecule has 16 heavy (non-hydrogen) atoms. The second-order valence-corrected chi connectivity index (χ2v) is 3.59. The third-order valence-electron chi connectivity index (χ3n) is 2.24. The van der Waals surface area contributed by atoms with Crippen molar-refractivity contribution >= 4 is 6.21 Å². The smallest absolute Gasteiger partial charge is 0.119 e. The topological polar surface area (TPSA) is 21.6 Å². The fourth-order valence-electron chi connectivity index (χ4n) is 1.20. The standard InChI is InChI=1S/C14H19NO/c1-4-13(10-15-5-2)11-16-14-8-6-12(3)7-9-14/h4,6-10H,5,11H2,1-3H3/b13-4+,15-10?. The summed E-state index contributed by atoms with van der Waals surface area (Å²) in [4.78, 5) is 4.20. The molecule has 0 aromatic heterocycles. The molecule has 0 amide bonds. The molecule has 1 aromatic rings. The van der Waals surface area contributed by atoms with Gasteiger partial charge < -0.3 is 4.74 Å². The fourth-order valence-corrected chi connectivity index (χ4v) is 1.20. The van der Waals surface area contributed by atoms with Crippen molar-refractivity contribution in [1.82, 2.24) is 0 Å². The molecule has 2 nitrogen and oxygen atoms in total. The van der Waals surface area contributed by atoms with E-state index in [0.717, 1.165) is 17.9 Å². The highest BCUT2D eigenvalue weighted by Crippen LogP contribution is 2.12. The van der Waals surface area contributed by atoms with Gasteiger partial charge in [-0.3, -0.25) is 4.99 Å². The quantitative estimate of drug-likeness (QED) is 0.693. The summed E-state index contributed by atoms with van der Waals surface area (Å²) >= 11 is 0. The molecule has 0 aliphatic rings. The van der Waals surface area contributed by atoms with Crippen LogP contribution in [0.15, 0.2) is 40.9 Å². The zero-order valence-electron chi connectivity index (χ0n) is 10.2. The van der Waals surface area contributed by atoms with E-state index in [0.29, 0.717) is 6.61 Å². The van der Waals surface area contributed by atoms with Crippen molar-refractivity contribution in [3.8, 4) is 5.75 Å². The first-order valence-electron chi connectivity index (χ1n) is 5.60. The molecule has 0 N–H and O–H groups in total. The van der Waals surface area contributed by atoms with Crippen molar-refractivity contribution < 1.29 is 4.74 Å². The highest BCUT2D eigenvalue weighted by Gasteiger charge is 1.95. The highest BCUT2D eigenvalue weighted by atomic mass is 16.5. The summed E-state index contributed by atoms with van der Waals surface area (Å²) in [6.45, 7) is 7.46. The van der Waals surface area contributed by atoms with Crippen LogP contribution in [0.1, 0.15) is 19.4 Å². The second-order valence-electron chi connectivity index (χ2n) is 3.59. The van der Waals surface area contributed by atoms with Crippen LogP contribution in [0.5, 0.6) is 5.75 Å². The van der Waals surface area contributed by atoms with Gasteiger partial charge in [-0.1, -0.05) is 23.8 Å². The van der Waals surface area contributed by atoms with E-state index in [9.17, 15) is 0 Å². The van der Waals surface area contributed by atoms with Crippen LogP contribution in [0.3, 0.4) is 0 Å². The molecule has 0 aliphatic heterocycles. The van der Waals surface area contributed by atoms with Crippen LogP contribution in [0.4, 0.5) is 0 Å². The molecular formula is C14H19NO. The zero-order chi connectivity index (χ0) is 11.8. The van der Waals surface area contributed by atoms with Crippen LogP contribution in [0.2, 0.25) is 0 Å². The zero-order valence-corrected chi connectivity index (χ0v) is 10.2. The van der Waals surface area contributed by atoms with Gasteiger partial charge in [0, 0.05) is 18.3 Å². The van der Waals surface area contributed by atoms with Crippen molar-refractivity contribution in [2.45, 2.75) is 20.8 Å². The highest BCUT2D eigenvalue weighted by molar-refractivity contribution is 5.78. The van der Waals surface area contributed by atoms with E-state index >= 15 is 0 Å². The van der Waals surface area contributed by atoms with Crippen LogP contribution in [0, 0.1) is 6.92 Å². The SMILES string of the molecule is C/C=C(\C=NCC)COc1ccc(C)cc1. The minimum Gasteiger partial charge on any atom is -0.489 e. The van der Waals surface area contributed by atoms with Crippen LogP contribution in [0.25, 0.3) is 0 Å². The second kappa shape index (κ2) is 6.83. The van der Waals surface area contributed by atoms with Gasteiger partial charge in [-0.05, 0) is 32.9 Å². The minimum absolute atomic E-state index is 0.572. The molecule has 0 atom stereocenters. The van der Waals surface area contributed by atoms with Gasteiger partial charge in [-0.2, -0.15) is 0 Å². The molecule has 0 spiro atoms. The summed E-state index contributed by atoms with van der Waals surface area (Å²) in [7, 11) is 0. The number of nitrogens with zero attached hydrogens (tertiary/aromatic N) is 1. The van der Waals surface area contributed by atoms with Gasteiger partial charge in [0.15, 0.2) is 0 Å². The lowest BCUT2D eigenvalue weighted by molar-refractivity contribution is 0.358. The van der Waals surface area contributed by atoms with Gasteiger partial charge in [0.05, 0.1) is 0 Å². The lowest BCUT2D eigenvalue weighted by Crippen LogP contribution is -2.02. The third kappa shape index (κ3) is 4.30. The average Bonchev–Trinajstić information content (AvgIpc) is 2.32. The molecule has 86 valence electrons. The summed E-state index contributed by atoms with van der Waals surface area (Å²) < 4.78 is 5.65. The number of rotatable bonds is 5. The molecule has 0 aliphatic carbocycles. The van der Waals surface area contributed by atoms with E-state index in [-0.39, 0.29) is 0 Å². The Morgan fingerprint density at radius 1 is 1.31 bits per heavy atom. The molecule has 0 radical (unpaired) electrons. The van der Waals surface area contributed by atoms with Crippen molar-refractivity contribution in [3.05, 3.63) is 41.5 Å². The lowest BCUT2D eigenvalue weighted by atomic mass is 10.2. The summed E-state index contributed by atoms with van der Waals surface area (Å²) in [5.74, 6) is 0.898. The van der Waals surface area contributed by atoms with E-state index in [4.69, 9.17) is 4.74 Å². The molecule has 1 rings (SSSR count). The summed E-state index contributed by atoms with van der Waals surface area (Å²) in [5.41, 5.74) is 2.34. The first-order valence-corrected chi connectivity index (χ1v) is 5.60. The number of allylic oxidation sites excluding steroid dienone is 1. The van der Waals surface area contributed by atoms with Gasteiger partial charge >= 0.3 is 0 Å². The Labute approximate surface area is 97.7 Å². The van der Waals surface area contributed by atoms with Gasteiger partial charge in [0.2, 0.25) is 0 Å². The Balaban J connectivity index is 2.50. The number of benzene rings is 1. The summed E-state index contributed by atoms with van der Waals surface area (Å²) in [5, 5.41) is 0. The number of hydrogen-bond donors (Lipinski definition) is 0. The van der Waals surface area contributed by atoms with Crippen molar-refractivity contribution in [3.63, 3.8) is 0 Å². The van der Waals surface area contributed by atoms with Crippen LogP contribution < -0.4 is 4.74 Å². The molecule has 1 aromatic carbocycles. The molecule has 0 bridgehead atoms. The van der Waals surface area contributed by atoms with Crippen LogP contribution in [-0.2, 0) is 0 Å². The van der Waals surface area contributed by atoms with E-state index in [1.165, 1.54) is 5.56 Å². The maximum atomic E-state index is 5.65. The molecular weight excluding hydrogens is 198 g/mol. The molecule has 0 unspecified atom stereocenters. The molecule has 0 fully saturated rings. The van der Waals surface area contributed by atoms with Crippen molar-refractivity contribution in [2.24, 2.45) is 4.99 Å². The van der Waals surface area contributed by atoms with Crippen LogP contribution >= 0.6 is 0 Å². The van der Waals surface area contributed by atoms with Gasteiger partial charge in [0.25, 0.3) is 0 Å². The number of aliphatic imine (C=N–C) groups is 1. The number of ether oxygens (including phenoxy) is 1. The largest absolute Gasteiger partial charge is 0.489 e. The molecule has 0 saturated carbocycles. The Morgan fingerprint density at radius 2 is 2.00 bits per heavy atom. The average molecular weight is 217 g/mol. The lowest BCUT2D eigenvalue weighted by Gasteiger charge is -2.06. The first-order chi connectivity index (χ1) is 7.76. The Hall–Kier alpha value is -1.57. The van der Waals surface area contributed by atoms with E-state index in [1.807, 2.05) is 50.4 Å². The fraction of sp³-hybridized carbons (Fsp3) is 0.357. The molecule has 0 saturated heterocycles. The van der Waals surface area contributed by atoms with Gasteiger partial charge in [-0.25, -0.2) is 0 Å². The number of hydrogen-bond acceptors (Lipinski definition) is 2. The first kappa shape index (κ1) is 12.5.